The van der Waals surface area contributed by atoms with E-state index in [0.29, 0.717) is 18.9 Å². The van der Waals surface area contributed by atoms with Gasteiger partial charge in [0.1, 0.15) is 5.82 Å². The molecule has 5 heteroatoms. The molecule has 2 N–H and O–H groups in total. The first-order valence-electron chi connectivity index (χ1n) is 6.05. The average molecular weight is 242 g/mol. The van der Waals surface area contributed by atoms with Gasteiger partial charge in [-0.05, 0) is 18.1 Å². The van der Waals surface area contributed by atoms with Gasteiger partial charge in [0.25, 0.3) is 5.56 Å². The quantitative estimate of drug-likeness (QED) is 0.824. The molecule has 18 heavy (non-hydrogen) atoms. The number of rotatable bonds is 2. The van der Waals surface area contributed by atoms with E-state index in [1.165, 1.54) is 0 Å². The maximum atomic E-state index is 12.0. The Bertz CT molecular complexity index is 648. The van der Waals surface area contributed by atoms with Crippen LogP contribution in [0.3, 0.4) is 0 Å². The zero-order valence-corrected chi connectivity index (χ0v) is 10.2. The molecule has 0 aliphatic carbocycles. The van der Waals surface area contributed by atoms with Crippen LogP contribution >= 0.6 is 0 Å². The van der Waals surface area contributed by atoms with Gasteiger partial charge in [0.2, 0.25) is 0 Å². The molecule has 0 saturated heterocycles. The highest BCUT2D eigenvalue weighted by Gasteiger charge is 2.17. The fourth-order valence-electron chi connectivity index (χ4n) is 2.25. The summed E-state index contributed by atoms with van der Waals surface area (Å²) in [6, 6.07) is 1.89. The molecule has 3 rings (SSSR count). The van der Waals surface area contributed by atoms with Gasteiger partial charge in [-0.25, -0.2) is 4.98 Å². The van der Waals surface area contributed by atoms with E-state index in [2.05, 4.69) is 27.2 Å². The zero-order chi connectivity index (χ0) is 12.5. The third-order valence-corrected chi connectivity index (χ3v) is 3.23. The summed E-state index contributed by atoms with van der Waals surface area (Å²) < 4.78 is 0. The summed E-state index contributed by atoms with van der Waals surface area (Å²) in [6.07, 6.45) is 4.41. The highest BCUT2D eigenvalue weighted by molar-refractivity contribution is 5.59. The molecule has 0 bridgehead atoms. The van der Waals surface area contributed by atoms with Crippen molar-refractivity contribution in [3.05, 3.63) is 45.6 Å². The van der Waals surface area contributed by atoms with Crippen molar-refractivity contribution in [3.8, 4) is 11.4 Å². The van der Waals surface area contributed by atoms with Crippen LogP contribution in [0, 0.1) is 0 Å². The Kier molecular flexibility index (Phi) is 2.68. The molecule has 1 aliphatic rings. The lowest BCUT2D eigenvalue weighted by Gasteiger charge is -2.07. The van der Waals surface area contributed by atoms with Gasteiger partial charge in [-0.2, -0.15) is 0 Å². The molecule has 2 aromatic heterocycles. The minimum Gasteiger partial charge on any atom is -0.307 e. The molecule has 0 saturated carbocycles. The number of pyridine rings is 1. The van der Waals surface area contributed by atoms with Crippen molar-refractivity contribution in [1.82, 2.24) is 20.3 Å². The number of nitrogens with zero attached hydrogens (tertiary/aromatic N) is 2. The number of aryl methyl sites for hydroxylation is 1. The van der Waals surface area contributed by atoms with E-state index in [9.17, 15) is 4.79 Å². The van der Waals surface area contributed by atoms with E-state index < -0.39 is 0 Å². The number of hydrogen-bond donors (Lipinski definition) is 2. The van der Waals surface area contributed by atoms with E-state index in [1.807, 2.05) is 12.3 Å². The normalized spacial score (nSPS) is 13.6. The van der Waals surface area contributed by atoms with Crippen molar-refractivity contribution < 1.29 is 0 Å². The van der Waals surface area contributed by atoms with E-state index in [-0.39, 0.29) is 5.56 Å². The highest BCUT2D eigenvalue weighted by atomic mass is 16.1. The Balaban J connectivity index is 2.18. The second-order valence-electron chi connectivity index (χ2n) is 4.33. The first kappa shape index (κ1) is 11.1. The smallest absolute Gasteiger partial charge is 0.255 e. The minimum absolute atomic E-state index is 0.0427. The second kappa shape index (κ2) is 4.34. The topological polar surface area (TPSA) is 70.7 Å². The number of H-pyrrole nitrogens is 1. The number of aromatic amines is 1. The van der Waals surface area contributed by atoms with Crippen LogP contribution in [0.5, 0.6) is 0 Å². The van der Waals surface area contributed by atoms with Gasteiger partial charge >= 0.3 is 0 Å². The molecule has 0 unspecified atom stereocenters. The predicted molar refractivity (Wildman–Crippen MR) is 68.0 cm³/mol. The SMILES string of the molecule is CCc1cnccc1-c1nc2c(c(=O)[nH]1)CNC2. The van der Waals surface area contributed by atoms with Crippen LogP contribution in [-0.2, 0) is 19.5 Å². The zero-order valence-electron chi connectivity index (χ0n) is 10.2. The summed E-state index contributed by atoms with van der Waals surface area (Å²) in [4.78, 5) is 23.5. The summed E-state index contributed by atoms with van der Waals surface area (Å²) in [5, 5.41) is 3.14. The van der Waals surface area contributed by atoms with E-state index in [0.717, 1.165) is 28.8 Å². The van der Waals surface area contributed by atoms with Crippen molar-refractivity contribution in [2.75, 3.05) is 0 Å². The highest BCUT2D eigenvalue weighted by Crippen LogP contribution is 2.20. The molecular formula is C13H14N4O. The van der Waals surface area contributed by atoms with E-state index in [4.69, 9.17) is 0 Å². The van der Waals surface area contributed by atoms with Crippen LogP contribution in [0.4, 0.5) is 0 Å². The molecule has 0 radical (unpaired) electrons. The standard InChI is InChI=1S/C13H14N4O/c1-2-8-5-14-4-3-9(8)12-16-11-7-15-6-10(11)13(18)17-12/h3-5,15H,2,6-7H2,1H3,(H,16,17,18). The van der Waals surface area contributed by atoms with Gasteiger partial charge in [0.15, 0.2) is 0 Å². The van der Waals surface area contributed by atoms with Gasteiger partial charge in [-0.3, -0.25) is 9.78 Å². The van der Waals surface area contributed by atoms with E-state index >= 15 is 0 Å². The van der Waals surface area contributed by atoms with Gasteiger partial charge < -0.3 is 10.3 Å². The molecule has 0 atom stereocenters. The van der Waals surface area contributed by atoms with Crippen molar-refractivity contribution >= 4 is 0 Å². The van der Waals surface area contributed by atoms with Crippen LogP contribution in [0.2, 0.25) is 0 Å². The van der Waals surface area contributed by atoms with Crippen molar-refractivity contribution in [2.45, 2.75) is 26.4 Å². The fourth-order valence-corrected chi connectivity index (χ4v) is 2.25. The van der Waals surface area contributed by atoms with Crippen molar-refractivity contribution in [1.29, 1.82) is 0 Å². The lowest BCUT2D eigenvalue weighted by atomic mass is 10.1. The summed E-state index contributed by atoms with van der Waals surface area (Å²) in [7, 11) is 0. The second-order valence-corrected chi connectivity index (χ2v) is 4.33. The first-order valence-corrected chi connectivity index (χ1v) is 6.05. The summed E-state index contributed by atoms with van der Waals surface area (Å²) in [5.74, 6) is 0.640. The molecule has 5 nitrogen and oxygen atoms in total. The average Bonchev–Trinajstić information content (AvgIpc) is 2.87. The molecule has 0 spiro atoms. The predicted octanol–water partition coefficient (Wildman–Crippen LogP) is 0.997. The van der Waals surface area contributed by atoms with Gasteiger partial charge in [0, 0.05) is 31.0 Å². The van der Waals surface area contributed by atoms with Crippen LogP contribution in [0.1, 0.15) is 23.7 Å². The molecule has 0 aromatic carbocycles. The van der Waals surface area contributed by atoms with Crippen molar-refractivity contribution in [3.63, 3.8) is 0 Å². The van der Waals surface area contributed by atoms with Crippen LogP contribution in [0.15, 0.2) is 23.3 Å². The lowest BCUT2D eigenvalue weighted by Crippen LogP contribution is -2.16. The largest absolute Gasteiger partial charge is 0.307 e. The maximum Gasteiger partial charge on any atom is 0.255 e. The van der Waals surface area contributed by atoms with Crippen molar-refractivity contribution in [2.24, 2.45) is 0 Å². The Morgan fingerprint density at radius 2 is 2.28 bits per heavy atom. The third kappa shape index (κ3) is 1.73. The maximum absolute atomic E-state index is 12.0. The van der Waals surface area contributed by atoms with E-state index in [1.54, 1.807) is 6.20 Å². The Morgan fingerprint density at radius 1 is 1.39 bits per heavy atom. The molecule has 92 valence electrons. The summed E-state index contributed by atoms with van der Waals surface area (Å²) >= 11 is 0. The number of aromatic nitrogens is 3. The number of fused-ring (bicyclic) bond motifs is 1. The molecular weight excluding hydrogens is 228 g/mol. The Morgan fingerprint density at radius 3 is 3.11 bits per heavy atom. The van der Waals surface area contributed by atoms with Crippen LogP contribution in [-0.4, -0.2) is 15.0 Å². The van der Waals surface area contributed by atoms with Crippen LogP contribution in [0.25, 0.3) is 11.4 Å². The van der Waals surface area contributed by atoms with Gasteiger partial charge in [-0.1, -0.05) is 6.92 Å². The lowest BCUT2D eigenvalue weighted by molar-refractivity contribution is 0.757. The first-order chi connectivity index (χ1) is 8.79. The molecule has 0 fully saturated rings. The Hall–Kier alpha value is -2.01. The molecule has 2 aromatic rings. The molecule has 1 aliphatic heterocycles. The molecule has 3 heterocycles. The number of hydrogen-bond acceptors (Lipinski definition) is 4. The van der Waals surface area contributed by atoms with Gasteiger partial charge in [-0.15, -0.1) is 0 Å². The summed E-state index contributed by atoms with van der Waals surface area (Å²) in [6.45, 7) is 3.33. The monoisotopic (exact) mass is 242 g/mol. The molecule has 0 amide bonds. The van der Waals surface area contributed by atoms with Gasteiger partial charge in [0.05, 0.1) is 11.3 Å². The fraction of sp³-hybridized carbons (Fsp3) is 0.308. The summed E-state index contributed by atoms with van der Waals surface area (Å²) in [5.41, 5.74) is 3.61. The minimum atomic E-state index is -0.0427. The number of nitrogens with one attached hydrogen (secondary N) is 2. The van der Waals surface area contributed by atoms with Crippen LogP contribution < -0.4 is 10.9 Å². The third-order valence-electron chi connectivity index (χ3n) is 3.23. The Labute approximate surface area is 104 Å².